The number of halogens is 9. The molecule has 0 radical (unpaired) electrons. The Hall–Kier alpha value is -5.43. The molecule has 0 bridgehead atoms. The topological polar surface area (TPSA) is 178 Å². The largest absolute Gasteiger partial charge is 0.510 e. The third-order valence-electron chi connectivity index (χ3n) is 8.08. The molecule has 0 unspecified atom stereocenters. The molecule has 0 atom stereocenters. The zero-order valence-corrected chi connectivity index (χ0v) is 29.4. The van der Waals surface area contributed by atoms with Crippen molar-refractivity contribution in [2.45, 2.75) is 50.5 Å². The highest BCUT2D eigenvalue weighted by Gasteiger charge is 2.63. The molecule has 1 amide bonds. The molecule has 2 aliphatic rings. The third-order valence-corrected chi connectivity index (χ3v) is 8.41. The van der Waals surface area contributed by atoms with Crippen LogP contribution in [0, 0.1) is 16.7 Å². The van der Waals surface area contributed by atoms with Crippen LogP contribution in [0.25, 0.3) is 5.57 Å². The van der Waals surface area contributed by atoms with Crippen LogP contribution >= 0.6 is 11.6 Å². The van der Waals surface area contributed by atoms with Crippen LogP contribution in [0.4, 0.5) is 45.7 Å². The van der Waals surface area contributed by atoms with E-state index >= 15 is 0 Å². The maximum absolute atomic E-state index is 14.1. The fraction of sp³-hybridized carbons (Fsp3) is 0.438. The number of likely N-dealkylation sites (N-methyl/N-ethyl adjacent to an activating group) is 1. The number of carboxylic acids is 1. The maximum atomic E-state index is 14.1. The van der Waals surface area contributed by atoms with Gasteiger partial charge in [0.2, 0.25) is 0 Å². The maximum Gasteiger partial charge on any atom is 0.510 e. The van der Waals surface area contributed by atoms with Crippen LogP contribution in [0.3, 0.4) is 0 Å². The van der Waals surface area contributed by atoms with Gasteiger partial charge in [0.25, 0.3) is 5.91 Å². The zero-order chi connectivity index (χ0) is 41.3. The number of alkyl halides is 8. The van der Waals surface area contributed by atoms with Crippen molar-refractivity contribution in [2.75, 3.05) is 38.5 Å². The van der Waals surface area contributed by atoms with E-state index in [-0.39, 0.29) is 54.3 Å². The number of carboxylic acid groups (broad SMARTS) is 1. The van der Waals surface area contributed by atoms with Crippen LogP contribution in [-0.2, 0) is 35.9 Å². The molecule has 1 aromatic heterocycles. The molecule has 0 spiro atoms. The van der Waals surface area contributed by atoms with Gasteiger partial charge in [0.1, 0.15) is 23.4 Å². The number of hydrogen-bond acceptors (Lipinski definition) is 11. The average molecular weight is 813 g/mol. The summed E-state index contributed by atoms with van der Waals surface area (Å²) >= 11 is 6.34. The number of nitriles is 1. The van der Waals surface area contributed by atoms with Gasteiger partial charge in [-0.05, 0) is 36.1 Å². The van der Waals surface area contributed by atoms with Crippen LogP contribution in [0.15, 0.2) is 36.6 Å². The standard InChI is InChI=1S/C32H29ClF8N6O8/c1-28(2,14-53-22(50)7-6-21(48)49)15-54-27(52)55-16-46(29(13-42)8-9-29)26(51)19-10-17(4-5-20(19)33)18-11-45(3)47(12-18)25-23(31(36,37)38)24(43-44-25)30(34,35)32(39,40)41/h4-7,10,12H,8-9,11,14-16H2,1-3H3,(H,43,44)(H,48,49)/b7-6+. The van der Waals surface area contributed by atoms with Gasteiger partial charge in [-0.25, -0.2) is 19.4 Å². The molecule has 2 N–H and O–H groups in total. The lowest BCUT2D eigenvalue weighted by atomic mass is 9.96. The van der Waals surface area contributed by atoms with Crippen molar-refractivity contribution < 1.29 is 73.6 Å². The first-order valence-electron chi connectivity index (χ1n) is 15.6. The van der Waals surface area contributed by atoms with Crippen molar-refractivity contribution in [3.05, 3.63) is 64.0 Å². The SMILES string of the molecule is CN1CC(c2ccc(Cl)c(C(=O)N(COC(=O)OCC(C)(C)COC(=O)/C=C/C(=O)O)C3(C#N)CC3)c2)=CN1c1n[nH]c(C(F)(F)C(F)(F)F)c1C(F)(F)F. The number of amides is 1. The molecular weight excluding hydrogens is 784 g/mol. The molecular formula is C32H29ClF8N6O8. The predicted molar refractivity (Wildman–Crippen MR) is 171 cm³/mol. The Morgan fingerprint density at radius 1 is 1.05 bits per heavy atom. The first kappa shape index (κ1) is 42.3. The number of esters is 1. The van der Waals surface area contributed by atoms with Gasteiger partial charge >= 0.3 is 36.4 Å². The van der Waals surface area contributed by atoms with Crippen LogP contribution < -0.4 is 5.01 Å². The number of nitrogens with zero attached hydrogens (tertiary/aromatic N) is 5. The molecule has 2 heterocycles. The molecule has 1 aromatic carbocycles. The number of rotatable bonds is 13. The number of carbonyl (C=O) groups is 4. The normalized spacial score (nSPS) is 16.1. The summed E-state index contributed by atoms with van der Waals surface area (Å²) in [5.41, 5.74) is -7.28. The highest BCUT2D eigenvalue weighted by atomic mass is 35.5. The highest BCUT2D eigenvalue weighted by Crippen LogP contribution is 2.50. The summed E-state index contributed by atoms with van der Waals surface area (Å²) in [5.74, 6) is -10.5. The average Bonchev–Trinajstić information content (AvgIpc) is 3.56. The summed E-state index contributed by atoms with van der Waals surface area (Å²) in [6.45, 7) is 1.33. The zero-order valence-electron chi connectivity index (χ0n) is 28.6. The van der Waals surface area contributed by atoms with Crippen LogP contribution in [-0.4, -0.2) is 94.5 Å². The third kappa shape index (κ3) is 9.45. The summed E-state index contributed by atoms with van der Waals surface area (Å²) < 4.78 is 124. The quantitative estimate of drug-likeness (QED) is 0.101. The first-order valence-corrected chi connectivity index (χ1v) is 15.9. The molecule has 1 aliphatic heterocycles. The summed E-state index contributed by atoms with van der Waals surface area (Å²) in [6, 6.07) is 5.75. The van der Waals surface area contributed by atoms with Gasteiger partial charge in [-0.3, -0.25) is 19.8 Å². The predicted octanol–water partition coefficient (Wildman–Crippen LogP) is 6.26. The summed E-state index contributed by atoms with van der Waals surface area (Å²) in [7, 11) is 1.19. The molecule has 14 nitrogen and oxygen atoms in total. The molecule has 23 heteroatoms. The summed E-state index contributed by atoms with van der Waals surface area (Å²) in [6.07, 6.45) is -10.8. The lowest BCUT2D eigenvalue weighted by molar-refractivity contribution is -0.292. The van der Waals surface area contributed by atoms with Crippen molar-refractivity contribution in [1.82, 2.24) is 20.1 Å². The van der Waals surface area contributed by atoms with Crippen molar-refractivity contribution in [3.8, 4) is 6.07 Å². The first-order chi connectivity index (χ1) is 25.3. The highest BCUT2D eigenvalue weighted by molar-refractivity contribution is 6.34. The molecule has 1 aliphatic carbocycles. The Balaban J connectivity index is 1.54. The van der Waals surface area contributed by atoms with Gasteiger partial charge < -0.3 is 19.3 Å². The van der Waals surface area contributed by atoms with E-state index in [1.807, 2.05) is 6.07 Å². The number of benzene rings is 1. The smallest absolute Gasteiger partial charge is 0.478 e. The monoisotopic (exact) mass is 812 g/mol. The van der Waals surface area contributed by atoms with E-state index in [0.29, 0.717) is 17.2 Å². The second-order valence-corrected chi connectivity index (χ2v) is 13.4. The summed E-state index contributed by atoms with van der Waals surface area (Å²) in [4.78, 5) is 49.5. The van der Waals surface area contributed by atoms with Gasteiger partial charge in [0, 0.05) is 37.4 Å². The summed E-state index contributed by atoms with van der Waals surface area (Å²) in [5, 5.41) is 24.2. The van der Waals surface area contributed by atoms with Crippen LogP contribution in [0.5, 0.6) is 0 Å². The molecule has 55 heavy (non-hydrogen) atoms. The number of hydrazine groups is 1. The van der Waals surface area contributed by atoms with Crippen LogP contribution in [0.1, 0.15) is 53.9 Å². The van der Waals surface area contributed by atoms with Crippen molar-refractivity contribution >= 4 is 47.0 Å². The number of ether oxygens (including phenoxy) is 3. The molecule has 1 fully saturated rings. The van der Waals surface area contributed by atoms with Crippen molar-refractivity contribution in [1.29, 1.82) is 5.26 Å². The molecule has 2 aromatic rings. The number of hydrogen-bond donors (Lipinski definition) is 2. The Kier molecular flexibility index (Phi) is 11.8. The Morgan fingerprint density at radius 2 is 1.69 bits per heavy atom. The number of anilines is 1. The number of aliphatic carboxylic acids is 1. The second kappa shape index (κ2) is 15.4. The number of aromatic amines is 1. The Labute approximate surface area is 310 Å². The lowest BCUT2D eigenvalue weighted by Crippen LogP contribution is -2.43. The fourth-order valence-corrected chi connectivity index (χ4v) is 5.21. The number of carbonyl (C=O) groups excluding carboxylic acids is 3. The second-order valence-electron chi connectivity index (χ2n) is 13.0. The van der Waals surface area contributed by atoms with Crippen molar-refractivity contribution in [2.24, 2.45) is 5.41 Å². The van der Waals surface area contributed by atoms with Gasteiger partial charge in [0.15, 0.2) is 12.5 Å². The van der Waals surface area contributed by atoms with Gasteiger partial charge in [0.05, 0.1) is 23.3 Å². The van der Waals surface area contributed by atoms with Gasteiger partial charge in [-0.2, -0.15) is 45.5 Å². The van der Waals surface area contributed by atoms with Crippen LogP contribution in [0.2, 0.25) is 5.02 Å². The Bertz CT molecular complexity index is 1950. The minimum Gasteiger partial charge on any atom is -0.478 e. The molecule has 1 saturated carbocycles. The molecule has 298 valence electrons. The van der Waals surface area contributed by atoms with Gasteiger partial charge in [-0.15, -0.1) is 0 Å². The Morgan fingerprint density at radius 3 is 2.25 bits per heavy atom. The number of aromatic nitrogens is 2. The molecule has 4 rings (SSSR count). The molecule has 0 saturated heterocycles. The minimum absolute atomic E-state index is 0.132. The van der Waals surface area contributed by atoms with E-state index in [1.165, 1.54) is 30.3 Å². The number of H-pyrrole nitrogens is 1. The fourth-order valence-electron chi connectivity index (χ4n) is 5.01. The van der Waals surface area contributed by atoms with E-state index in [0.717, 1.165) is 16.1 Å². The van der Waals surface area contributed by atoms with E-state index in [9.17, 15) is 59.6 Å². The van der Waals surface area contributed by atoms with E-state index < -0.39 is 77.0 Å². The van der Waals surface area contributed by atoms with E-state index in [4.69, 9.17) is 30.9 Å². The minimum atomic E-state index is -6.38. The van der Waals surface area contributed by atoms with Gasteiger partial charge in [-0.1, -0.05) is 31.5 Å². The van der Waals surface area contributed by atoms with E-state index in [1.54, 1.807) is 13.8 Å². The van der Waals surface area contributed by atoms with Crippen molar-refractivity contribution in [3.63, 3.8) is 0 Å². The number of nitrogens with one attached hydrogen (secondary N) is 1. The lowest BCUT2D eigenvalue weighted by Gasteiger charge is -2.28. The van der Waals surface area contributed by atoms with E-state index in [2.05, 4.69) is 5.10 Å².